The minimum atomic E-state index is -0.166. The first-order valence-corrected chi connectivity index (χ1v) is 8.92. The third-order valence-corrected chi connectivity index (χ3v) is 5.43. The Kier molecular flexibility index (Phi) is 5.51. The Balaban J connectivity index is 1.49. The topological polar surface area (TPSA) is 32.8 Å². The van der Waals surface area contributed by atoms with Gasteiger partial charge in [-0.05, 0) is 62.4 Å². The maximum atomic E-state index is 13.3. The molecule has 0 unspecified atom stereocenters. The molecule has 2 aliphatic rings. The maximum absolute atomic E-state index is 13.3. The lowest BCUT2D eigenvalue weighted by atomic mass is 9.77. The molecule has 5 heteroatoms. The summed E-state index contributed by atoms with van der Waals surface area (Å²) in [5.41, 5.74) is 1.31. The molecule has 4 nitrogen and oxygen atoms in total. The predicted molar refractivity (Wildman–Crippen MR) is 91.0 cm³/mol. The zero-order valence-corrected chi connectivity index (χ0v) is 14.5. The number of ether oxygens (including phenoxy) is 1. The highest BCUT2D eigenvalue weighted by molar-refractivity contribution is 5.77. The standard InChI is InChI=1S/C19H27FN2O2/c1-2-24-14-18(23)22-11-8-19(15-22)6-9-21(10-7-19)13-16-4-3-5-17(20)12-16/h3-5,12H,2,6-11,13-15H2,1H3. The molecule has 0 atom stereocenters. The lowest BCUT2D eigenvalue weighted by Crippen LogP contribution is -2.42. The molecule has 0 aliphatic carbocycles. The predicted octanol–water partition coefficient (Wildman–Crippen LogP) is 2.68. The molecule has 2 saturated heterocycles. The van der Waals surface area contributed by atoms with E-state index >= 15 is 0 Å². The molecule has 1 amide bonds. The lowest BCUT2D eigenvalue weighted by molar-refractivity contribution is -0.135. The van der Waals surface area contributed by atoms with Crippen molar-refractivity contribution in [1.29, 1.82) is 0 Å². The SMILES string of the molecule is CCOCC(=O)N1CCC2(CCN(Cc3cccc(F)c3)CC2)C1. The van der Waals surface area contributed by atoms with Gasteiger partial charge in [0.1, 0.15) is 12.4 Å². The van der Waals surface area contributed by atoms with E-state index < -0.39 is 0 Å². The fraction of sp³-hybridized carbons (Fsp3) is 0.632. The number of hydrogen-bond donors (Lipinski definition) is 0. The number of piperidine rings is 1. The van der Waals surface area contributed by atoms with E-state index in [0.717, 1.165) is 57.5 Å². The van der Waals surface area contributed by atoms with Gasteiger partial charge in [0.2, 0.25) is 5.91 Å². The van der Waals surface area contributed by atoms with Crippen LogP contribution in [0.2, 0.25) is 0 Å². The smallest absolute Gasteiger partial charge is 0.248 e. The zero-order valence-electron chi connectivity index (χ0n) is 14.5. The second kappa shape index (κ2) is 7.62. The van der Waals surface area contributed by atoms with Crippen LogP contribution in [0.4, 0.5) is 4.39 Å². The number of amides is 1. The quantitative estimate of drug-likeness (QED) is 0.830. The van der Waals surface area contributed by atoms with Crippen LogP contribution in [0.1, 0.15) is 31.7 Å². The van der Waals surface area contributed by atoms with Crippen molar-refractivity contribution in [2.45, 2.75) is 32.7 Å². The van der Waals surface area contributed by atoms with E-state index in [2.05, 4.69) is 4.90 Å². The van der Waals surface area contributed by atoms with Crippen molar-refractivity contribution in [1.82, 2.24) is 9.80 Å². The molecule has 0 saturated carbocycles. The van der Waals surface area contributed by atoms with E-state index in [1.165, 1.54) is 6.07 Å². The van der Waals surface area contributed by atoms with E-state index in [1.807, 2.05) is 17.9 Å². The van der Waals surface area contributed by atoms with Crippen LogP contribution in [0.15, 0.2) is 24.3 Å². The van der Waals surface area contributed by atoms with Crippen LogP contribution in [0.3, 0.4) is 0 Å². The summed E-state index contributed by atoms with van der Waals surface area (Å²) < 4.78 is 18.5. The Hall–Kier alpha value is -1.46. The summed E-state index contributed by atoms with van der Waals surface area (Å²) in [5, 5.41) is 0. The van der Waals surface area contributed by atoms with Crippen molar-refractivity contribution in [2.24, 2.45) is 5.41 Å². The number of halogens is 1. The minimum absolute atomic E-state index is 0.121. The van der Waals surface area contributed by atoms with Gasteiger partial charge in [-0.1, -0.05) is 12.1 Å². The van der Waals surface area contributed by atoms with Crippen LogP contribution < -0.4 is 0 Å². The van der Waals surface area contributed by atoms with Crippen LogP contribution in [0.5, 0.6) is 0 Å². The largest absolute Gasteiger partial charge is 0.372 e. The van der Waals surface area contributed by atoms with Crippen molar-refractivity contribution in [3.05, 3.63) is 35.6 Å². The molecule has 3 rings (SSSR count). The van der Waals surface area contributed by atoms with E-state index in [4.69, 9.17) is 4.74 Å². The van der Waals surface area contributed by atoms with Gasteiger partial charge in [-0.3, -0.25) is 9.69 Å². The zero-order chi connectivity index (χ0) is 17.0. The van der Waals surface area contributed by atoms with E-state index in [1.54, 1.807) is 12.1 Å². The minimum Gasteiger partial charge on any atom is -0.372 e. The summed E-state index contributed by atoms with van der Waals surface area (Å²) in [6, 6.07) is 6.86. The molecule has 24 heavy (non-hydrogen) atoms. The van der Waals surface area contributed by atoms with E-state index in [0.29, 0.717) is 6.61 Å². The van der Waals surface area contributed by atoms with Crippen molar-refractivity contribution >= 4 is 5.91 Å². The van der Waals surface area contributed by atoms with Gasteiger partial charge in [-0.25, -0.2) is 4.39 Å². The second-order valence-electron chi connectivity index (χ2n) is 7.11. The molecule has 1 aromatic rings. The molecule has 0 N–H and O–H groups in total. The van der Waals surface area contributed by atoms with Crippen LogP contribution in [0, 0.1) is 11.2 Å². The Morgan fingerprint density at radius 1 is 1.25 bits per heavy atom. The average molecular weight is 334 g/mol. The van der Waals surface area contributed by atoms with Gasteiger partial charge in [0.15, 0.2) is 0 Å². The molecule has 2 heterocycles. The first-order chi connectivity index (χ1) is 11.6. The number of rotatable bonds is 5. The summed E-state index contributed by atoms with van der Waals surface area (Å²) >= 11 is 0. The van der Waals surface area contributed by atoms with Crippen molar-refractivity contribution < 1.29 is 13.9 Å². The summed E-state index contributed by atoms with van der Waals surface area (Å²) in [6.07, 6.45) is 3.32. The molecule has 1 aromatic carbocycles. The molecule has 1 spiro atoms. The molecule has 2 fully saturated rings. The third kappa shape index (κ3) is 4.14. The van der Waals surface area contributed by atoms with Gasteiger partial charge in [0.05, 0.1) is 0 Å². The maximum Gasteiger partial charge on any atom is 0.248 e. The fourth-order valence-electron chi connectivity index (χ4n) is 3.92. The highest BCUT2D eigenvalue weighted by Gasteiger charge is 2.41. The monoisotopic (exact) mass is 334 g/mol. The van der Waals surface area contributed by atoms with Crippen LogP contribution in [0.25, 0.3) is 0 Å². The summed E-state index contributed by atoms with van der Waals surface area (Å²) in [7, 11) is 0. The average Bonchev–Trinajstić information content (AvgIpc) is 2.99. The first kappa shape index (κ1) is 17.4. The highest BCUT2D eigenvalue weighted by Crippen LogP contribution is 2.40. The number of benzene rings is 1. The Morgan fingerprint density at radius 3 is 2.71 bits per heavy atom. The Bertz CT molecular complexity index is 570. The number of carbonyl (C=O) groups is 1. The molecule has 0 aromatic heterocycles. The number of nitrogens with zero attached hydrogens (tertiary/aromatic N) is 2. The third-order valence-electron chi connectivity index (χ3n) is 5.43. The summed E-state index contributed by atoms with van der Waals surface area (Å²) in [5.74, 6) is -0.0452. The number of likely N-dealkylation sites (tertiary alicyclic amines) is 2. The highest BCUT2D eigenvalue weighted by atomic mass is 19.1. The number of carbonyl (C=O) groups excluding carboxylic acids is 1. The Morgan fingerprint density at radius 2 is 2.00 bits per heavy atom. The van der Waals surface area contributed by atoms with Gasteiger partial charge in [-0.15, -0.1) is 0 Å². The van der Waals surface area contributed by atoms with Gasteiger partial charge in [-0.2, -0.15) is 0 Å². The van der Waals surface area contributed by atoms with Crippen LogP contribution in [-0.4, -0.2) is 55.1 Å². The normalized spacial score (nSPS) is 20.7. The fourth-order valence-corrected chi connectivity index (χ4v) is 3.92. The van der Waals surface area contributed by atoms with Gasteiger partial charge in [0.25, 0.3) is 0 Å². The Labute approximate surface area is 143 Å². The molecular weight excluding hydrogens is 307 g/mol. The first-order valence-electron chi connectivity index (χ1n) is 8.92. The van der Waals surface area contributed by atoms with Crippen molar-refractivity contribution in [3.63, 3.8) is 0 Å². The van der Waals surface area contributed by atoms with E-state index in [-0.39, 0.29) is 23.7 Å². The molecule has 2 aliphatic heterocycles. The molecule has 0 radical (unpaired) electrons. The molecule has 0 bridgehead atoms. The molecular formula is C19H27FN2O2. The summed E-state index contributed by atoms with van der Waals surface area (Å²) in [4.78, 5) is 16.5. The van der Waals surface area contributed by atoms with E-state index in [9.17, 15) is 9.18 Å². The van der Waals surface area contributed by atoms with Crippen LogP contribution >= 0.6 is 0 Å². The lowest BCUT2D eigenvalue weighted by Gasteiger charge is -2.39. The van der Waals surface area contributed by atoms with Gasteiger partial charge >= 0.3 is 0 Å². The molecule has 132 valence electrons. The van der Waals surface area contributed by atoms with Gasteiger partial charge < -0.3 is 9.64 Å². The number of hydrogen-bond acceptors (Lipinski definition) is 3. The van der Waals surface area contributed by atoms with Gasteiger partial charge in [0, 0.05) is 26.2 Å². The van der Waals surface area contributed by atoms with Crippen molar-refractivity contribution in [2.75, 3.05) is 39.4 Å². The summed E-state index contributed by atoms with van der Waals surface area (Å²) in [6.45, 7) is 7.27. The van der Waals surface area contributed by atoms with Crippen molar-refractivity contribution in [3.8, 4) is 0 Å². The van der Waals surface area contributed by atoms with Crippen LogP contribution in [-0.2, 0) is 16.1 Å². The second-order valence-corrected chi connectivity index (χ2v) is 7.11.